The summed E-state index contributed by atoms with van der Waals surface area (Å²) >= 11 is 2.34. The molecule has 0 spiro atoms. The van der Waals surface area contributed by atoms with E-state index >= 15 is 0 Å². The molecule has 0 unspecified atom stereocenters. The summed E-state index contributed by atoms with van der Waals surface area (Å²) in [7, 11) is -1.11. The van der Waals surface area contributed by atoms with Gasteiger partial charge in [0.05, 0.1) is 6.61 Å². The van der Waals surface area contributed by atoms with Crippen molar-refractivity contribution in [3.8, 4) is 0 Å². The van der Waals surface area contributed by atoms with Gasteiger partial charge in [-0.3, -0.25) is 23.2 Å². The number of unbranched alkanes of at least 4 members (excludes halogenated alkanes) is 2. The molecule has 9 heteroatoms. The molecule has 0 heterocycles. The second kappa shape index (κ2) is 14.3. The van der Waals surface area contributed by atoms with E-state index in [0.29, 0.717) is 18.6 Å². The van der Waals surface area contributed by atoms with E-state index in [1.54, 1.807) is 0 Å². The number of phosphoric acid groups is 1. The number of hydrogen-bond donors (Lipinski definition) is 0. The van der Waals surface area contributed by atoms with Gasteiger partial charge in [0.15, 0.2) is 10.2 Å². The highest BCUT2D eigenvalue weighted by Gasteiger charge is 2.26. The topological polar surface area (TPSA) is 78.9 Å². The molecule has 0 aliphatic rings. The Labute approximate surface area is 153 Å². The van der Waals surface area contributed by atoms with Crippen LogP contribution in [0.15, 0.2) is 0 Å². The lowest BCUT2D eigenvalue weighted by Crippen LogP contribution is -2.18. The maximum Gasteiger partial charge on any atom is 0.474 e. The number of hydrogen-bond acceptors (Lipinski definition) is 8. The third kappa shape index (κ3) is 11.7. The largest absolute Gasteiger partial charge is 0.474 e. The predicted octanol–water partition coefficient (Wildman–Crippen LogP) is 4.67. The Morgan fingerprint density at radius 1 is 1.00 bits per heavy atom. The summed E-state index contributed by atoms with van der Waals surface area (Å²) in [6.07, 6.45) is 4.61. The molecule has 0 amide bonds. The summed E-state index contributed by atoms with van der Waals surface area (Å²) < 4.78 is 26.6. The van der Waals surface area contributed by atoms with Crippen molar-refractivity contribution < 1.29 is 27.7 Å². The second-order valence-corrected chi connectivity index (χ2v) is 9.43. The van der Waals surface area contributed by atoms with Gasteiger partial charge in [-0.25, -0.2) is 4.57 Å². The Bertz CT molecular complexity index is 411. The van der Waals surface area contributed by atoms with Gasteiger partial charge in [-0.2, -0.15) is 0 Å². The summed E-state index contributed by atoms with van der Waals surface area (Å²) in [6, 6.07) is 0. The molecule has 6 nitrogen and oxygen atoms in total. The molecule has 24 heavy (non-hydrogen) atoms. The molecule has 0 aliphatic carbocycles. The molecule has 0 bridgehead atoms. The predicted molar refractivity (Wildman–Crippen MR) is 100 cm³/mol. The zero-order chi connectivity index (χ0) is 18.4. The lowest BCUT2D eigenvalue weighted by Gasteiger charge is -2.18. The summed E-state index contributed by atoms with van der Waals surface area (Å²) in [5.74, 6) is 0.429. The van der Waals surface area contributed by atoms with Gasteiger partial charge in [-0.15, -0.1) is 0 Å². The molecule has 0 radical (unpaired) electrons. The molecule has 1 atom stereocenters. The standard InChI is InChI=1S/C15H29O6PS2/c1-5-7-9-14(16)23-12-13(24-15(17)10-8-6-2)11-21-22(18,19-3)20-4/h13H,5-12H2,1-4H3/t13-/m1/s1. The van der Waals surface area contributed by atoms with E-state index in [1.165, 1.54) is 26.0 Å². The van der Waals surface area contributed by atoms with Crippen LogP contribution in [0.5, 0.6) is 0 Å². The smallest absolute Gasteiger partial charge is 0.290 e. The molecule has 0 aliphatic heterocycles. The number of phosphoric ester groups is 1. The zero-order valence-electron chi connectivity index (χ0n) is 14.9. The van der Waals surface area contributed by atoms with Crippen LogP contribution >= 0.6 is 31.3 Å². The highest BCUT2D eigenvalue weighted by molar-refractivity contribution is 8.17. The fourth-order valence-corrected chi connectivity index (χ4v) is 4.44. The van der Waals surface area contributed by atoms with Crippen molar-refractivity contribution >= 4 is 41.6 Å². The van der Waals surface area contributed by atoms with Gasteiger partial charge >= 0.3 is 7.82 Å². The van der Waals surface area contributed by atoms with Crippen LogP contribution in [0.4, 0.5) is 0 Å². The van der Waals surface area contributed by atoms with Crippen molar-refractivity contribution in [3.05, 3.63) is 0 Å². The van der Waals surface area contributed by atoms with Gasteiger partial charge in [0, 0.05) is 38.1 Å². The zero-order valence-corrected chi connectivity index (χ0v) is 17.5. The van der Waals surface area contributed by atoms with Gasteiger partial charge in [-0.1, -0.05) is 50.2 Å². The van der Waals surface area contributed by atoms with Crippen molar-refractivity contribution in [1.82, 2.24) is 0 Å². The van der Waals surface area contributed by atoms with Crippen molar-refractivity contribution in [2.75, 3.05) is 26.6 Å². The Morgan fingerprint density at radius 3 is 2.04 bits per heavy atom. The van der Waals surface area contributed by atoms with E-state index in [-0.39, 0.29) is 22.1 Å². The van der Waals surface area contributed by atoms with E-state index in [9.17, 15) is 14.2 Å². The first kappa shape index (κ1) is 24.1. The van der Waals surface area contributed by atoms with Gasteiger partial charge in [0.25, 0.3) is 0 Å². The van der Waals surface area contributed by atoms with Gasteiger partial charge in [0.1, 0.15) is 0 Å². The van der Waals surface area contributed by atoms with E-state index in [1.807, 2.05) is 13.8 Å². The average molecular weight is 400 g/mol. The minimum atomic E-state index is -3.58. The quantitative estimate of drug-likeness (QED) is 0.389. The van der Waals surface area contributed by atoms with Crippen LogP contribution in [0.1, 0.15) is 52.4 Å². The monoisotopic (exact) mass is 400 g/mol. The number of carbonyl (C=O) groups is 2. The van der Waals surface area contributed by atoms with Crippen molar-refractivity contribution in [2.24, 2.45) is 0 Å². The van der Waals surface area contributed by atoms with Crippen LogP contribution in [0.3, 0.4) is 0 Å². The highest BCUT2D eigenvalue weighted by atomic mass is 32.2. The molecule has 0 rings (SSSR count). The minimum Gasteiger partial charge on any atom is -0.290 e. The van der Waals surface area contributed by atoms with E-state index in [2.05, 4.69) is 0 Å². The summed E-state index contributed by atoms with van der Waals surface area (Å²) in [5.41, 5.74) is 0. The normalized spacial score (nSPS) is 13.0. The first-order valence-electron chi connectivity index (χ1n) is 8.11. The third-order valence-corrected chi connectivity index (χ3v) is 6.83. The Morgan fingerprint density at radius 2 is 1.54 bits per heavy atom. The number of thioether (sulfide) groups is 2. The summed E-state index contributed by atoms with van der Waals surface area (Å²) in [5, 5.41) is -0.120. The van der Waals surface area contributed by atoms with Gasteiger partial charge < -0.3 is 0 Å². The van der Waals surface area contributed by atoms with Crippen LogP contribution in [-0.2, 0) is 27.7 Å². The van der Waals surface area contributed by atoms with E-state index in [0.717, 1.165) is 37.4 Å². The number of carbonyl (C=O) groups excluding carboxylic acids is 2. The Hall–Kier alpha value is 0.150. The first-order valence-corrected chi connectivity index (χ1v) is 11.4. The molecule has 0 aromatic carbocycles. The van der Waals surface area contributed by atoms with E-state index < -0.39 is 7.82 Å². The Kier molecular flexibility index (Phi) is 14.4. The third-order valence-electron chi connectivity index (χ3n) is 3.06. The van der Waals surface area contributed by atoms with Crippen molar-refractivity contribution in [1.29, 1.82) is 0 Å². The Balaban J connectivity index is 4.55. The lowest BCUT2D eigenvalue weighted by atomic mass is 10.3. The molecule has 0 aromatic rings. The highest BCUT2D eigenvalue weighted by Crippen LogP contribution is 2.48. The molecule has 0 fully saturated rings. The molecule has 142 valence electrons. The molecular weight excluding hydrogens is 371 g/mol. The lowest BCUT2D eigenvalue weighted by molar-refractivity contribution is -0.111. The van der Waals surface area contributed by atoms with Gasteiger partial charge in [-0.05, 0) is 12.8 Å². The van der Waals surface area contributed by atoms with Crippen molar-refractivity contribution in [2.45, 2.75) is 57.6 Å². The molecule has 0 aromatic heterocycles. The summed E-state index contributed by atoms with van der Waals surface area (Å²) in [4.78, 5) is 23.8. The van der Waals surface area contributed by atoms with Gasteiger partial charge in [0.2, 0.25) is 0 Å². The van der Waals surface area contributed by atoms with Crippen LogP contribution in [0, 0.1) is 0 Å². The fraction of sp³-hybridized carbons (Fsp3) is 0.867. The maximum atomic E-state index is 12.0. The van der Waals surface area contributed by atoms with Crippen molar-refractivity contribution in [3.63, 3.8) is 0 Å². The summed E-state index contributed by atoms with van der Waals surface area (Å²) in [6.45, 7) is 4.08. The fourth-order valence-electron chi connectivity index (χ4n) is 1.62. The van der Waals surface area contributed by atoms with Crippen LogP contribution in [0.25, 0.3) is 0 Å². The van der Waals surface area contributed by atoms with E-state index in [4.69, 9.17) is 13.6 Å². The molecule has 0 N–H and O–H groups in total. The number of rotatable bonds is 14. The molecule has 0 saturated heterocycles. The van der Waals surface area contributed by atoms with Crippen LogP contribution in [-0.4, -0.2) is 42.1 Å². The van der Waals surface area contributed by atoms with Crippen LogP contribution < -0.4 is 0 Å². The molecule has 0 saturated carbocycles. The first-order chi connectivity index (χ1) is 11.4. The maximum absolute atomic E-state index is 12.0. The molecular formula is C15H29O6PS2. The average Bonchev–Trinajstić information content (AvgIpc) is 2.59. The van der Waals surface area contributed by atoms with Crippen LogP contribution in [0.2, 0.25) is 0 Å². The SMILES string of the molecule is CCCCC(=O)SC[C@@H](COP(=O)(OC)OC)SC(=O)CCCC. The minimum absolute atomic E-state index is 0.0234. The second-order valence-electron chi connectivity index (χ2n) is 5.11.